The number of guanidine groups is 1. The van der Waals surface area contributed by atoms with Gasteiger partial charge in [0, 0.05) is 52.2 Å². The number of hydrogen-bond donors (Lipinski definition) is 1. The topological polar surface area (TPSA) is 65.9 Å². The van der Waals surface area contributed by atoms with E-state index < -0.39 is 0 Å². The van der Waals surface area contributed by atoms with Gasteiger partial charge in [-0.3, -0.25) is 4.99 Å². The van der Waals surface area contributed by atoms with Crippen molar-refractivity contribution >= 4 is 11.9 Å². The van der Waals surface area contributed by atoms with Gasteiger partial charge in [0.1, 0.15) is 5.75 Å². The van der Waals surface area contributed by atoms with E-state index in [-0.39, 0.29) is 0 Å². The maximum absolute atomic E-state index is 5.27. The molecule has 132 valence electrons. The average molecular weight is 340 g/mol. The van der Waals surface area contributed by atoms with Crippen LogP contribution in [0.4, 0.5) is 5.95 Å². The fourth-order valence-corrected chi connectivity index (χ4v) is 2.87. The minimum Gasteiger partial charge on any atom is -0.497 e. The molecule has 1 aliphatic rings. The van der Waals surface area contributed by atoms with E-state index in [0.29, 0.717) is 6.54 Å². The Morgan fingerprint density at radius 2 is 1.92 bits per heavy atom. The van der Waals surface area contributed by atoms with Gasteiger partial charge in [-0.1, -0.05) is 12.1 Å². The first-order chi connectivity index (χ1) is 12.3. The van der Waals surface area contributed by atoms with Gasteiger partial charge >= 0.3 is 0 Å². The van der Waals surface area contributed by atoms with E-state index in [1.54, 1.807) is 19.5 Å². The van der Waals surface area contributed by atoms with Crippen LogP contribution in [0.15, 0.2) is 47.7 Å². The lowest BCUT2D eigenvalue weighted by Crippen LogP contribution is -2.52. The van der Waals surface area contributed by atoms with Crippen molar-refractivity contribution in [1.82, 2.24) is 20.2 Å². The summed E-state index contributed by atoms with van der Waals surface area (Å²) in [5.74, 6) is 2.57. The van der Waals surface area contributed by atoms with Crippen LogP contribution in [0.1, 0.15) is 5.56 Å². The SMILES string of the molecule is CN=C(NCc1cccc(OC)c1)N1CCN(c2ncccn2)CC1. The summed E-state index contributed by atoms with van der Waals surface area (Å²) in [5, 5.41) is 3.43. The molecule has 1 aromatic heterocycles. The molecule has 25 heavy (non-hydrogen) atoms. The maximum Gasteiger partial charge on any atom is 0.225 e. The molecule has 0 spiro atoms. The number of nitrogens with one attached hydrogen (secondary N) is 1. The van der Waals surface area contributed by atoms with E-state index in [1.165, 1.54) is 0 Å². The lowest BCUT2D eigenvalue weighted by Gasteiger charge is -2.36. The second kappa shape index (κ2) is 8.32. The third kappa shape index (κ3) is 4.37. The molecule has 1 aliphatic heterocycles. The average Bonchev–Trinajstić information content (AvgIpc) is 2.70. The van der Waals surface area contributed by atoms with E-state index in [4.69, 9.17) is 4.74 Å². The Labute approximate surface area is 148 Å². The summed E-state index contributed by atoms with van der Waals surface area (Å²) in [6.45, 7) is 4.24. The summed E-state index contributed by atoms with van der Waals surface area (Å²) in [5.41, 5.74) is 1.16. The number of anilines is 1. The zero-order valence-electron chi connectivity index (χ0n) is 14.7. The normalized spacial score (nSPS) is 15.2. The standard InChI is InChI=1S/C18H24N6O/c1-19-17(22-14-15-5-3-6-16(13-15)25-2)23-9-11-24(12-10-23)18-20-7-4-8-21-18/h3-8,13H,9-12,14H2,1-2H3,(H,19,22). The largest absolute Gasteiger partial charge is 0.497 e. The Balaban J connectivity index is 1.54. The quantitative estimate of drug-likeness (QED) is 0.670. The molecule has 7 heteroatoms. The summed E-state index contributed by atoms with van der Waals surface area (Å²) < 4.78 is 5.27. The third-order valence-electron chi connectivity index (χ3n) is 4.21. The van der Waals surface area contributed by atoms with Crippen molar-refractivity contribution in [3.63, 3.8) is 0 Å². The van der Waals surface area contributed by atoms with Crippen molar-refractivity contribution in [1.29, 1.82) is 0 Å². The van der Waals surface area contributed by atoms with Gasteiger partial charge in [0.25, 0.3) is 0 Å². The van der Waals surface area contributed by atoms with Gasteiger partial charge in [0.15, 0.2) is 5.96 Å². The fourth-order valence-electron chi connectivity index (χ4n) is 2.87. The number of ether oxygens (including phenoxy) is 1. The van der Waals surface area contributed by atoms with Crippen LogP contribution in [0.3, 0.4) is 0 Å². The van der Waals surface area contributed by atoms with Crippen molar-refractivity contribution in [2.45, 2.75) is 6.54 Å². The molecule has 7 nitrogen and oxygen atoms in total. The highest BCUT2D eigenvalue weighted by Crippen LogP contribution is 2.13. The molecule has 0 aliphatic carbocycles. The maximum atomic E-state index is 5.27. The summed E-state index contributed by atoms with van der Waals surface area (Å²) in [4.78, 5) is 17.5. The Hall–Kier alpha value is -2.83. The summed E-state index contributed by atoms with van der Waals surface area (Å²) in [6.07, 6.45) is 3.56. The lowest BCUT2D eigenvalue weighted by atomic mass is 10.2. The van der Waals surface area contributed by atoms with Crippen LogP contribution in [0.2, 0.25) is 0 Å². The molecule has 2 aromatic rings. The number of aromatic nitrogens is 2. The summed E-state index contributed by atoms with van der Waals surface area (Å²) >= 11 is 0. The first kappa shape index (κ1) is 17.0. The molecule has 0 atom stereocenters. The second-order valence-electron chi connectivity index (χ2n) is 5.78. The predicted molar refractivity (Wildman–Crippen MR) is 99.0 cm³/mol. The molecule has 2 heterocycles. The number of methoxy groups -OCH3 is 1. The van der Waals surface area contributed by atoms with Crippen molar-refractivity contribution in [3.05, 3.63) is 48.3 Å². The minimum atomic E-state index is 0.714. The van der Waals surface area contributed by atoms with Gasteiger partial charge in [-0.15, -0.1) is 0 Å². The van der Waals surface area contributed by atoms with Crippen molar-refractivity contribution < 1.29 is 4.74 Å². The van der Waals surface area contributed by atoms with Crippen LogP contribution in [0, 0.1) is 0 Å². The van der Waals surface area contributed by atoms with Crippen LogP contribution in [-0.2, 0) is 6.54 Å². The molecular weight excluding hydrogens is 316 g/mol. The molecule has 0 amide bonds. The first-order valence-electron chi connectivity index (χ1n) is 8.40. The van der Waals surface area contributed by atoms with E-state index in [2.05, 4.69) is 36.1 Å². The smallest absolute Gasteiger partial charge is 0.225 e. The lowest BCUT2D eigenvalue weighted by molar-refractivity contribution is 0.370. The van der Waals surface area contributed by atoms with Crippen molar-refractivity contribution in [3.8, 4) is 5.75 Å². The Bertz CT molecular complexity index is 698. The molecule has 1 fully saturated rings. The zero-order chi connectivity index (χ0) is 17.5. The van der Waals surface area contributed by atoms with E-state index in [1.807, 2.05) is 31.3 Å². The Kier molecular flexibility index (Phi) is 5.66. The highest BCUT2D eigenvalue weighted by molar-refractivity contribution is 5.80. The van der Waals surface area contributed by atoms with Gasteiger partial charge in [-0.25, -0.2) is 9.97 Å². The third-order valence-corrected chi connectivity index (χ3v) is 4.21. The van der Waals surface area contributed by atoms with Crippen LogP contribution >= 0.6 is 0 Å². The van der Waals surface area contributed by atoms with Crippen LogP contribution < -0.4 is 15.0 Å². The summed E-state index contributed by atoms with van der Waals surface area (Å²) in [6, 6.07) is 9.89. The number of nitrogens with zero attached hydrogens (tertiary/aromatic N) is 5. The molecule has 1 N–H and O–H groups in total. The van der Waals surface area contributed by atoms with Gasteiger partial charge in [-0.2, -0.15) is 0 Å². The fraction of sp³-hybridized carbons (Fsp3) is 0.389. The number of piperazine rings is 1. The Morgan fingerprint density at radius 1 is 1.16 bits per heavy atom. The minimum absolute atomic E-state index is 0.714. The van der Waals surface area contributed by atoms with Crippen LogP contribution in [0.5, 0.6) is 5.75 Å². The molecule has 0 radical (unpaired) electrons. The number of benzene rings is 1. The molecule has 1 saturated heterocycles. The molecule has 0 unspecified atom stereocenters. The van der Waals surface area contributed by atoms with Gasteiger partial charge in [-0.05, 0) is 23.8 Å². The van der Waals surface area contributed by atoms with Crippen molar-refractivity contribution in [2.24, 2.45) is 4.99 Å². The Morgan fingerprint density at radius 3 is 2.60 bits per heavy atom. The van der Waals surface area contributed by atoms with E-state index in [9.17, 15) is 0 Å². The monoisotopic (exact) mass is 340 g/mol. The number of hydrogen-bond acceptors (Lipinski definition) is 5. The van der Waals surface area contributed by atoms with Crippen LogP contribution in [-0.4, -0.2) is 61.2 Å². The number of aliphatic imine (C=N–C) groups is 1. The van der Waals surface area contributed by atoms with Gasteiger partial charge in [0.05, 0.1) is 7.11 Å². The molecule has 0 saturated carbocycles. The zero-order valence-corrected chi connectivity index (χ0v) is 14.7. The molecule has 1 aromatic carbocycles. The molecular formula is C18H24N6O. The second-order valence-corrected chi connectivity index (χ2v) is 5.78. The van der Waals surface area contributed by atoms with Gasteiger partial charge in [0.2, 0.25) is 5.95 Å². The van der Waals surface area contributed by atoms with Crippen LogP contribution in [0.25, 0.3) is 0 Å². The van der Waals surface area contributed by atoms with E-state index >= 15 is 0 Å². The predicted octanol–water partition coefficient (Wildman–Crippen LogP) is 1.38. The van der Waals surface area contributed by atoms with Gasteiger partial charge < -0.3 is 19.9 Å². The summed E-state index contributed by atoms with van der Waals surface area (Å²) in [7, 11) is 3.50. The number of rotatable bonds is 4. The highest BCUT2D eigenvalue weighted by Gasteiger charge is 2.20. The molecule has 3 rings (SSSR count). The van der Waals surface area contributed by atoms with E-state index in [0.717, 1.165) is 49.4 Å². The first-order valence-corrected chi connectivity index (χ1v) is 8.40. The highest BCUT2D eigenvalue weighted by atomic mass is 16.5. The van der Waals surface area contributed by atoms with Crippen molar-refractivity contribution in [2.75, 3.05) is 45.2 Å². The molecule has 0 bridgehead atoms.